The van der Waals surface area contributed by atoms with Crippen molar-refractivity contribution in [2.24, 2.45) is 0 Å². The molecule has 2 aromatic heterocycles. The predicted octanol–water partition coefficient (Wildman–Crippen LogP) is 2.64. The number of amides is 1. The van der Waals surface area contributed by atoms with E-state index >= 15 is 0 Å². The molecule has 0 atom stereocenters. The Morgan fingerprint density at radius 1 is 1.36 bits per heavy atom. The number of para-hydroxylation sites is 1. The quantitative estimate of drug-likeness (QED) is 0.760. The first kappa shape index (κ1) is 14.3. The lowest BCUT2D eigenvalue weighted by Crippen LogP contribution is -2.17. The van der Waals surface area contributed by atoms with Gasteiger partial charge in [-0.1, -0.05) is 18.2 Å². The van der Waals surface area contributed by atoms with Crippen LogP contribution in [0.25, 0.3) is 22.3 Å². The normalized spacial score (nSPS) is 11.0. The molecule has 0 saturated carbocycles. The Kier molecular flexibility index (Phi) is 3.93. The van der Waals surface area contributed by atoms with Gasteiger partial charge in [0.25, 0.3) is 5.91 Å². The molecule has 114 valence electrons. The van der Waals surface area contributed by atoms with E-state index in [-0.39, 0.29) is 12.5 Å². The molecular weight excluding hydrogens is 280 g/mol. The smallest absolute Gasteiger partial charge is 0.251 e. The lowest BCUT2D eigenvalue weighted by Gasteiger charge is -2.05. The van der Waals surface area contributed by atoms with E-state index < -0.39 is 0 Å². The summed E-state index contributed by atoms with van der Waals surface area (Å²) in [6.45, 7) is 2.97. The molecule has 3 rings (SSSR count). The minimum Gasteiger partial charge on any atom is -0.375 e. The number of aromatic nitrogens is 3. The predicted molar refractivity (Wildman–Crippen MR) is 85.7 cm³/mol. The molecule has 0 aliphatic carbocycles. The fourth-order valence-electron chi connectivity index (χ4n) is 2.60. The second-order valence-corrected chi connectivity index (χ2v) is 4.98. The lowest BCUT2D eigenvalue weighted by molar-refractivity contribution is -0.119. The van der Waals surface area contributed by atoms with E-state index in [1.807, 2.05) is 18.2 Å². The van der Waals surface area contributed by atoms with Crippen LogP contribution in [0.2, 0.25) is 0 Å². The van der Waals surface area contributed by atoms with Gasteiger partial charge in [-0.15, -0.1) is 0 Å². The van der Waals surface area contributed by atoms with Gasteiger partial charge in [0.05, 0.1) is 11.4 Å². The van der Waals surface area contributed by atoms with Crippen LogP contribution in [-0.2, 0) is 16.1 Å². The number of hydrogen-bond donors (Lipinski definition) is 2. The highest BCUT2D eigenvalue weighted by atomic mass is 16.5. The molecule has 0 bridgehead atoms. The highest BCUT2D eigenvalue weighted by molar-refractivity contribution is 5.92. The van der Waals surface area contributed by atoms with E-state index in [2.05, 4.69) is 45.2 Å². The van der Waals surface area contributed by atoms with Gasteiger partial charge < -0.3 is 14.6 Å². The molecule has 0 aliphatic rings. The summed E-state index contributed by atoms with van der Waals surface area (Å²) in [6, 6.07) is 12.2. The van der Waals surface area contributed by atoms with Crippen LogP contribution in [0.3, 0.4) is 0 Å². The SMILES string of the molecule is CCn1c(-c2cc(NC(=O)COC)n[nH]2)cc2ccccc21. The number of fused-ring (bicyclic) bond motifs is 1. The zero-order valence-corrected chi connectivity index (χ0v) is 12.6. The molecule has 22 heavy (non-hydrogen) atoms. The summed E-state index contributed by atoms with van der Waals surface area (Å²) in [7, 11) is 1.48. The van der Waals surface area contributed by atoms with E-state index in [0.717, 1.165) is 17.9 Å². The van der Waals surface area contributed by atoms with Gasteiger partial charge in [0.15, 0.2) is 5.82 Å². The number of anilines is 1. The van der Waals surface area contributed by atoms with Gasteiger partial charge >= 0.3 is 0 Å². The van der Waals surface area contributed by atoms with Crippen LogP contribution in [0.1, 0.15) is 6.92 Å². The van der Waals surface area contributed by atoms with Crippen molar-refractivity contribution in [3.63, 3.8) is 0 Å². The molecule has 1 aromatic carbocycles. The molecular formula is C16H18N4O2. The molecule has 2 heterocycles. The van der Waals surface area contributed by atoms with Gasteiger partial charge in [-0.25, -0.2) is 0 Å². The molecule has 6 heteroatoms. The van der Waals surface area contributed by atoms with Gasteiger partial charge in [0.1, 0.15) is 6.61 Å². The van der Waals surface area contributed by atoms with Crippen LogP contribution in [0.5, 0.6) is 0 Å². The number of benzene rings is 1. The van der Waals surface area contributed by atoms with Crippen LogP contribution in [-0.4, -0.2) is 34.4 Å². The van der Waals surface area contributed by atoms with Gasteiger partial charge in [-0.2, -0.15) is 5.10 Å². The number of carbonyl (C=O) groups is 1. The summed E-state index contributed by atoms with van der Waals surface area (Å²) in [5.41, 5.74) is 3.09. The van der Waals surface area contributed by atoms with Gasteiger partial charge in [-0.05, 0) is 19.1 Å². The first-order valence-corrected chi connectivity index (χ1v) is 7.15. The Hall–Kier alpha value is -2.60. The number of rotatable bonds is 5. The summed E-state index contributed by atoms with van der Waals surface area (Å²) >= 11 is 0. The maximum atomic E-state index is 11.5. The molecule has 3 aromatic rings. The van der Waals surface area contributed by atoms with E-state index in [1.165, 1.54) is 18.0 Å². The van der Waals surface area contributed by atoms with Crippen molar-refractivity contribution in [3.8, 4) is 11.4 Å². The second-order valence-electron chi connectivity index (χ2n) is 4.98. The lowest BCUT2D eigenvalue weighted by atomic mass is 10.2. The van der Waals surface area contributed by atoms with Crippen LogP contribution >= 0.6 is 0 Å². The molecule has 2 N–H and O–H groups in total. The van der Waals surface area contributed by atoms with Crippen LogP contribution in [0.4, 0.5) is 5.82 Å². The van der Waals surface area contributed by atoms with E-state index in [1.54, 1.807) is 0 Å². The third-order valence-electron chi connectivity index (χ3n) is 3.52. The number of methoxy groups -OCH3 is 1. The number of nitrogens with zero attached hydrogens (tertiary/aromatic N) is 2. The number of hydrogen-bond acceptors (Lipinski definition) is 3. The second kappa shape index (κ2) is 6.03. The van der Waals surface area contributed by atoms with E-state index in [9.17, 15) is 4.79 Å². The maximum absolute atomic E-state index is 11.5. The van der Waals surface area contributed by atoms with Crippen LogP contribution in [0, 0.1) is 0 Å². The Labute approximate surface area is 128 Å². The standard InChI is InChI=1S/C16H18N4O2/c1-3-20-13-7-5-4-6-11(13)8-14(20)12-9-15(19-18-12)17-16(21)10-22-2/h4-9H,3,10H2,1-2H3,(H2,17,18,19,21). The minimum atomic E-state index is -0.225. The van der Waals surface area contributed by atoms with Gasteiger partial charge in [0, 0.05) is 30.6 Å². The topological polar surface area (TPSA) is 71.9 Å². The third-order valence-corrected chi connectivity index (χ3v) is 3.52. The van der Waals surface area contributed by atoms with Crippen LogP contribution < -0.4 is 5.32 Å². The van der Waals surface area contributed by atoms with Gasteiger partial charge in [-0.3, -0.25) is 9.89 Å². The number of aromatic amines is 1. The van der Waals surface area contributed by atoms with Crippen molar-refractivity contribution < 1.29 is 9.53 Å². The fraction of sp³-hybridized carbons (Fsp3) is 0.250. The van der Waals surface area contributed by atoms with Gasteiger partial charge in [0.2, 0.25) is 0 Å². The molecule has 0 unspecified atom stereocenters. The zero-order valence-electron chi connectivity index (χ0n) is 12.6. The van der Waals surface area contributed by atoms with Crippen molar-refractivity contribution in [1.82, 2.24) is 14.8 Å². The zero-order chi connectivity index (χ0) is 15.5. The summed E-state index contributed by atoms with van der Waals surface area (Å²) < 4.78 is 7.00. The van der Waals surface area contributed by atoms with E-state index in [0.29, 0.717) is 5.82 Å². The third kappa shape index (κ3) is 2.60. The molecule has 0 fully saturated rings. The molecule has 1 amide bonds. The average molecular weight is 298 g/mol. The molecule has 6 nitrogen and oxygen atoms in total. The highest BCUT2D eigenvalue weighted by Gasteiger charge is 2.12. The average Bonchev–Trinajstić information content (AvgIpc) is 3.10. The monoisotopic (exact) mass is 298 g/mol. The van der Waals surface area contributed by atoms with Crippen molar-refractivity contribution in [1.29, 1.82) is 0 Å². The van der Waals surface area contributed by atoms with Crippen molar-refractivity contribution in [2.45, 2.75) is 13.5 Å². The Morgan fingerprint density at radius 2 is 2.18 bits per heavy atom. The van der Waals surface area contributed by atoms with Crippen molar-refractivity contribution in [3.05, 3.63) is 36.4 Å². The van der Waals surface area contributed by atoms with Crippen molar-refractivity contribution in [2.75, 3.05) is 19.0 Å². The summed E-state index contributed by atoms with van der Waals surface area (Å²) in [4.78, 5) is 11.5. The number of aryl methyl sites for hydroxylation is 1. The molecule has 0 radical (unpaired) electrons. The summed E-state index contributed by atoms with van der Waals surface area (Å²) in [6.07, 6.45) is 0. The number of nitrogens with one attached hydrogen (secondary N) is 2. The Balaban J connectivity index is 1.94. The Bertz CT molecular complexity index is 803. The minimum absolute atomic E-state index is 0.0113. The first-order valence-electron chi connectivity index (χ1n) is 7.15. The molecule has 0 aliphatic heterocycles. The summed E-state index contributed by atoms with van der Waals surface area (Å²) in [5, 5.41) is 11.0. The number of H-pyrrole nitrogens is 1. The first-order chi connectivity index (χ1) is 10.7. The largest absolute Gasteiger partial charge is 0.375 e. The highest BCUT2D eigenvalue weighted by Crippen LogP contribution is 2.28. The van der Waals surface area contributed by atoms with Crippen LogP contribution in [0.15, 0.2) is 36.4 Å². The molecule has 0 saturated heterocycles. The summed E-state index contributed by atoms with van der Waals surface area (Å²) in [5.74, 6) is 0.265. The molecule has 0 spiro atoms. The van der Waals surface area contributed by atoms with Crippen molar-refractivity contribution >= 4 is 22.6 Å². The Morgan fingerprint density at radius 3 is 2.95 bits per heavy atom. The van der Waals surface area contributed by atoms with E-state index in [4.69, 9.17) is 4.74 Å². The fourth-order valence-corrected chi connectivity index (χ4v) is 2.60. The number of carbonyl (C=O) groups excluding carboxylic acids is 1. The number of ether oxygens (including phenoxy) is 1. The maximum Gasteiger partial charge on any atom is 0.251 e.